The highest BCUT2D eigenvalue weighted by molar-refractivity contribution is 7.99. The number of carbonyl (C=O) groups excluding carboxylic acids is 1. The summed E-state index contributed by atoms with van der Waals surface area (Å²) in [5.41, 5.74) is 2.23. The number of carbonyl (C=O) groups is 1. The third kappa shape index (κ3) is 5.86. The molecule has 136 valence electrons. The molecule has 2 aromatic rings. The second-order valence-corrected chi connectivity index (χ2v) is 6.55. The number of nitrogens with one attached hydrogen (secondary N) is 1. The zero-order valence-electron chi connectivity index (χ0n) is 15.1. The first kappa shape index (κ1) is 19.5. The quantitative estimate of drug-likeness (QED) is 0.520. The van der Waals surface area contributed by atoms with Gasteiger partial charge in [0.1, 0.15) is 0 Å². The molecule has 25 heavy (non-hydrogen) atoms. The molecule has 0 saturated carbocycles. The Morgan fingerprint density at radius 3 is 2.88 bits per heavy atom. The monoisotopic (exact) mass is 362 g/mol. The second-order valence-electron chi connectivity index (χ2n) is 5.61. The molecule has 0 saturated heterocycles. The molecule has 0 spiro atoms. The van der Waals surface area contributed by atoms with Crippen molar-refractivity contribution >= 4 is 17.7 Å². The van der Waals surface area contributed by atoms with Crippen LogP contribution in [0.1, 0.15) is 25.8 Å². The smallest absolute Gasteiger partial charge is 0.230 e. The highest BCUT2D eigenvalue weighted by Crippen LogP contribution is 2.24. The van der Waals surface area contributed by atoms with E-state index in [4.69, 9.17) is 4.74 Å². The van der Waals surface area contributed by atoms with Crippen LogP contribution in [0.15, 0.2) is 29.4 Å². The van der Waals surface area contributed by atoms with E-state index in [-0.39, 0.29) is 5.91 Å². The Morgan fingerprint density at radius 2 is 2.16 bits per heavy atom. The van der Waals surface area contributed by atoms with Crippen LogP contribution >= 0.6 is 11.8 Å². The summed E-state index contributed by atoms with van der Waals surface area (Å²) < 4.78 is 7.29. The summed E-state index contributed by atoms with van der Waals surface area (Å²) in [6, 6.07) is 8.20. The first-order valence-electron chi connectivity index (χ1n) is 8.63. The van der Waals surface area contributed by atoms with E-state index in [0.29, 0.717) is 25.5 Å². The fraction of sp³-hybridized carbons (Fsp3) is 0.500. The maximum absolute atomic E-state index is 11.9. The minimum absolute atomic E-state index is 0.00394. The van der Waals surface area contributed by atoms with Gasteiger partial charge in [0, 0.05) is 31.9 Å². The van der Waals surface area contributed by atoms with E-state index in [0.717, 1.165) is 29.5 Å². The Balaban J connectivity index is 1.91. The van der Waals surface area contributed by atoms with Gasteiger partial charge in [-0.15, -0.1) is 10.2 Å². The molecule has 0 aliphatic heterocycles. The third-order valence-electron chi connectivity index (χ3n) is 3.63. The van der Waals surface area contributed by atoms with Crippen LogP contribution in [0.5, 0.6) is 0 Å². The Labute approximate surface area is 153 Å². The van der Waals surface area contributed by atoms with Crippen molar-refractivity contribution in [3.05, 3.63) is 29.8 Å². The number of hydrogen-bond acceptors (Lipinski definition) is 5. The van der Waals surface area contributed by atoms with Gasteiger partial charge in [-0.2, -0.15) is 0 Å². The molecule has 0 radical (unpaired) electrons. The number of aromatic nitrogens is 3. The van der Waals surface area contributed by atoms with Crippen molar-refractivity contribution in [1.82, 2.24) is 20.1 Å². The SMILES string of the molecule is CCOCCCNC(=O)CSc1nnc(-c2cccc(C)c2)n1CC. The Morgan fingerprint density at radius 1 is 1.32 bits per heavy atom. The fourth-order valence-corrected chi connectivity index (χ4v) is 3.24. The van der Waals surface area contributed by atoms with E-state index in [1.165, 1.54) is 17.3 Å². The number of aryl methyl sites for hydroxylation is 1. The lowest BCUT2D eigenvalue weighted by molar-refractivity contribution is -0.118. The maximum atomic E-state index is 11.9. The minimum Gasteiger partial charge on any atom is -0.382 e. The van der Waals surface area contributed by atoms with Crippen molar-refractivity contribution in [1.29, 1.82) is 0 Å². The molecule has 0 aliphatic rings. The van der Waals surface area contributed by atoms with E-state index in [1.54, 1.807) is 0 Å². The van der Waals surface area contributed by atoms with Crippen LogP contribution in [0.2, 0.25) is 0 Å². The minimum atomic E-state index is 0.00394. The Kier molecular flexibility index (Phi) is 7.94. The number of benzene rings is 1. The van der Waals surface area contributed by atoms with Crippen LogP contribution < -0.4 is 5.32 Å². The maximum Gasteiger partial charge on any atom is 0.230 e. The van der Waals surface area contributed by atoms with Crippen LogP contribution in [-0.4, -0.2) is 46.2 Å². The zero-order chi connectivity index (χ0) is 18.1. The molecule has 0 fully saturated rings. The summed E-state index contributed by atoms with van der Waals surface area (Å²) in [6.07, 6.45) is 0.826. The van der Waals surface area contributed by atoms with E-state index < -0.39 is 0 Å². The molecule has 7 heteroatoms. The Bertz CT molecular complexity index is 687. The lowest BCUT2D eigenvalue weighted by atomic mass is 10.1. The van der Waals surface area contributed by atoms with Gasteiger partial charge in [-0.1, -0.05) is 35.5 Å². The second kappa shape index (κ2) is 10.2. The molecule has 1 N–H and O–H groups in total. The van der Waals surface area contributed by atoms with E-state index in [9.17, 15) is 4.79 Å². The molecule has 0 aliphatic carbocycles. The molecule has 6 nitrogen and oxygen atoms in total. The molecule has 1 heterocycles. The number of rotatable bonds is 10. The summed E-state index contributed by atoms with van der Waals surface area (Å²) in [5, 5.41) is 12.2. The first-order chi connectivity index (χ1) is 12.2. The topological polar surface area (TPSA) is 69.0 Å². The van der Waals surface area contributed by atoms with Gasteiger partial charge >= 0.3 is 0 Å². The average molecular weight is 362 g/mol. The normalized spacial score (nSPS) is 10.8. The molecule has 0 atom stereocenters. The van der Waals surface area contributed by atoms with Gasteiger partial charge < -0.3 is 14.6 Å². The number of thioether (sulfide) groups is 1. The van der Waals surface area contributed by atoms with E-state index in [2.05, 4.69) is 41.5 Å². The lowest BCUT2D eigenvalue weighted by Gasteiger charge is -2.08. The van der Waals surface area contributed by atoms with Crippen molar-refractivity contribution in [3.8, 4) is 11.4 Å². The molecular formula is C18H26N4O2S. The van der Waals surface area contributed by atoms with Crippen LogP contribution in [0.4, 0.5) is 0 Å². The molecule has 2 rings (SSSR count). The summed E-state index contributed by atoms with van der Waals surface area (Å²) in [6.45, 7) is 8.85. The number of amides is 1. The van der Waals surface area contributed by atoms with Gasteiger partial charge in [-0.25, -0.2) is 0 Å². The van der Waals surface area contributed by atoms with E-state index >= 15 is 0 Å². The van der Waals surface area contributed by atoms with Gasteiger partial charge in [0.25, 0.3) is 0 Å². The van der Waals surface area contributed by atoms with Crippen molar-refractivity contribution < 1.29 is 9.53 Å². The van der Waals surface area contributed by atoms with Gasteiger partial charge in [-0.05, 0) is 33.3 Å². The predicted octanol–water partition coefficient (Wildman–Crippen LogP) is 2.91. The summed E-state index contributed by atoms with van der Waals surface area (Å²) in [4.78, 5) is 11.9. The molecular weight excluding hydrogens is 336 g/mol. The predicted molar refractivity (Wildman–Crippen MR) is 101 cm³/mol. The standard InChI is InChI=1S/C18H26N4O2S/c1-4-22-17(15-9-6-8-14(3)12-15)20-21-18(22)25-13-16(23)19-10-7-11-24-5-2/h6,8-9,12H,4-5,7,10-11,13H2,1-3H3,(H,19,23). The van der Waals surface area contributed by atoms with Crippen molar-refractivity contribution in [2.45, 2.75) is 38.9 Å². The molecule has 1 aromatic carbocycles. The van der Waals surface area contributed by atoms with Gasteiger partial charge in [-0.3, -0.25) is 4.79 Å². The molecule has 0 bridgehead atoms. The third-order valence-corrected chi connectivity index (χ3v) is 4.60. The van der Waals surface area contributed by atoms with Crippen molar-refractivity contribution in [2.75, 3.05) is 25.5 Å². The van der Waals surface area contributed by atoms with Crippen LogP contribution in [0.3, 0.4) is 0 Å². The molecule has 1 amide bonds. The van der Waals surface area contributed by atoms with Crippen molar-refractivity contribution in [3.63, 3.8) is 0 Å². The highest BCUT2D eigenvalue weighted by Gasteiger charge is 2.14. The average Bonchev–Trinajstić information content (AvgIpc) is 3.02. The largest absolute Gasteiger partial charge is 0.382 e. The van der Waals surface area contributed by atoms with Crippen LogP contribution in [0.25, 0.3) is 11.4 Å². The summed E-state index contributed by atoms with van der Waals surface area (Å²) in [5.74, 6) is 1.18. The number of ether oxygens (including phenoxy) is 1. The van der Waals surface area contributed by atoms with Gasteiger partial charge in [0.05, 0.1) is 5.75 Å². The van der Waals surface area contributed by atoms with E-state index in [1.807, 2.05) is 23.6 Å². The van der Waals surface area contributed by atoms with Gasteiger partial charge in [0.2, 0.25) is 5.91 Å². The molecule has 0 unspecified atom stereocenters. The van der Waals surface area contributed by atoms with Crippen LogP contribution in [0, 0.1) is 6.92 Å². The van der Waals surface area contributed by atoms with Crippen molar-refractivity contribution in [2.24, 2.45) is 0 Å². The summed E-state index contributed by atoms with van der Waals surface area (Å²) in [7, 11) is 0. The zero-order valence-corrected chi connectivity index (χ0v) is 15.9. The van der Waals surface area contributed by atoms with Gasteiger partial charge in [0.15, 0.2) is 11.0 Å². The Hall–Kier alpha value is -1.86. The molecule has 1 aromatic heterocycles. The highest BCUT2D eigenvalue weighted by atomic mass is 32.2. The first-order valence-corrected chi connectivity index (χ1v) is 9.61. The fourth-order valence-electron chi connectivity index (χ4n) is 2.41. The number of nitrogens with zero attached hydrogens (tertiary/aromatic N) is 3. The lowest BCUT2D eigenvalue weighted by Crippen LogP contribution is -2.27. The van der Waals surface area contributed by atoms with Crippen LogP contribution in [-0.2, 0) is 16.1 Å². The number of hydrogen-bond donors (Lipinski definition) is 1. The summed E-state index contributed by atoms with van der Waals surface area (Å²) >= 11 is 1.41.